The Labute approximate surface area is 140 Å². The standard InChI is InChI=1S/C16H19ClN6/c1-4-23(5-2)16-20-14(13-10-18-22(3)15(13)21-16)19-12-8-6-7-11(17)9-12/h6-10H,4-5H2,1-3H3,(H,19,20,21). The van der Waals surface area contributed by atoms with Crippen LogP contribution in [0.3, 0.4) is 0 Å². The first kappa shape index (κ1) is 15.6. The number of halogens is 1. The van der Waals surface area contributed by atoms with Crippen LogP contribution in [0.5, 0.6) is 0 Å². The molecule has 3 rings (SSSR count). The van der Waals surface area contributed by atoms with Crippen molar-refractivity contribution >= 4 is 40.1 Å². The van der Waals surface area contributed by atoms with Crippen molar-refractivity contribution in [1.29, 1.82) is 0 Å². The van der Waals surface area contributed by atoms with Crippen molar-refractivity contribution in [2.45, 2.75) is 13.8 Å². The van der Waals surface area contributed by atoms with E-state index in [9.17, 15) is 0 Å². The van der Waals surface area contributed by atoms with Crippen LogP contribution in [-0.4, -0.2) is 32.8 Å². The Morgan fingerprint density at radius 2 is 2.00 bits per heavy atom. The topological polar surface area (TPSA) is 58.9 Å². The summed E-state index contributed by atoms with van der Waals surface area (Å²) in [6.45, 7) is 5.86. The number of hydrogen-bond donors (Lipinski definition) is 1. The molecule has 0 spiro atoms. The van der Waals surface area contributed by atoms with Crippen molar-refractivity contribution in [2.24, 2.45) is 7.05 Å². The third-order valence-corrected chi connectivity index (χ3v) is 3.95. The van der Waals surface area contributed by atoms with Gasteiger partial charge in [-0.1, -0.05) is 17.7 Å². The van der Waals surface area contributed by atoms with Gasteiger partial charge in [0.2, 0.25) is 5.95 Å². The Morgan fingerprint density at radius 3 is 2.70 bits per heavy atom. The molecule has 23 heavy (non-hydrogen) atoms. The second kappa shape index (κ2) is 6.42. The molecule has 0 aliphatic rings. The second-order valence-corrected chi connectivity index (χ2v) is 5.62. The number of hydrogen-bond acceptors (Lipinski definition) is 5. The fourth-order valence-electron chi connectivity index (χ4n) is 2.46. The summed E-state index contributed by atoms with van der Waals surface area (Å²) >= 11 is 6.06. The Morgan fingerprint density at radius 1 is 1.22 bits per heavy atom. The van der Waals surface area contributed by atoms with Crippen LogP contribution >= 0.6 is 11.6 Å². The molecule has 2 heterocycles. The molecular formula is C16H19ClN6. The molecule has 2 aromatic heterocycles. The van der Waals surface area contributed by atoms with E-state index in [1.165, 1.54) is 0 Å². The van der Waals surface area contributed by atoms with Gasteiger partial charge in [-0.15, -0.1) is 0 Å². The van der Waals surface area contributed by atoms with Crippen LogP contribution in [0, 0.1) is 0 Å². The summed E-state index contributed by atoms with van der Waals surface area (Å²) in [5.41, 5.74) is 1.68. The number of aromatic nitrogens is 4. The summed E-state index contributed by atoms with van der Waals surface area (Å²) in [4.78, 5) is 11.4. The maximum atomic E-state index is 6.06. The van der Waals surface area contributed by atoms with E-state index in [0.717, 1.165) is 35.6 Å². The average Bonchev–Trinajstić information content (AvgIpc) is 2.91. The molecular weight excluding hydrogens is 312 g/mol. The predicted molar refractivity (Wildman–Crippen MR) is 94.6 cm³/mol. The van der Waals surface area contributed by atoms with E-state index in [1.807, 2.05) is 31.3 Å². The predicted octanol–water partition coefficient (Wildman–Crippen LogP) is 3.61. The summed E-state index contributed by atoms with van der Waals surface area (Å²) < 4.78 is 1.76. The minimum absolute atomic E-state index is 0.676. The molecule has 1 N–H and O–H groups in total. The molecule has 0 radical (unpaired) electrons. The number of rotatable bonds is 5. The van der Waals surface area contributed by atoms with E-state index in [1.54, 1.807) is 10.9 Å². The summed E-state index contributed by atoms with van der Waals surface area (Å²) in [6, 6.07) is 7.56. The van der Waals surface area contributed by atoms with Gasteiger partial charge in [0.25, 0.3) is 0 Å². The quantitative estimate of drug-likeness (QED) is 0.774. The summed E-state index contributed by atoms with van der Waals surface area (Å²) in [5.74, 6) is 1.42. The lowest BCUT2D eigenvalue weighted by molar-refractivity contribution is 0.776. The average molecular weight is 331 g/mol. The van der Waals surface area contributed by atoms with Crippen LogP contribution in [-0.2, 0) is 7.05 Å². The monoisotopic (exact) mass is 330 g/mol. The minimum Gasteiger partial charge on any atom is -0.341 e. The molecule has 0 atom stereocenters. The zero-order valence-corrected chi connectivity index (χ0v) is 14.2. The van der Waals surface area contributed by atoms with E-state index in [0.29, 0.717) is 11.0 Å². The number of nitrogens with zero attached hydrogens (tertiary/aromatic N) is 5. The van der Waals surface area contributed by atoms with Crippen molar-refractivity contribution in [3.05, 3.63) is 35.5 Å². The molecule has 120 valence electrons. The van der Waals surface area contributed by atoms with Gasteiger partial charge in [-0.2, -0.15) is 15.1 Å². The summed E-state index contributed by atoms with van der Waals surface area (Å²) in [6.07, 6.45) is 1.77. The third-order valence-electron chi connectivity index (χ3n) is 3.71. The van der Waals surface area contributed by atoms with Gasteiger partial charge < -0.3 is 10.2 Å². The number of anilines is 3. The van der Waals surface area contributed by atoms with Crippen LogP contribution in [0.1, 0.15) is 13.8 Å². The van der Waals surface area contributed by atoms with Crippen molar-refractivity contribution in [2.75, 3.05) is 23.3 Å². The largest absolute Gasteiger partial charge is 0.341 e. The zero-order valence-electron chi connectivity index (χ0n) is 13.4. The number of fused-ring (bicyclic) bond motifs is 1. The van der Waals surface area contributed by atoms with E-state index in [-0.39, 0.29) is 0 Å². The maximum absolute atomic E-state index is 6.06. The lowest BCUT2D eigenvalue weighted by Crippen LogP contribution is -2.24. The molecule has 0 aliphatic heterocycles. The first-order valence-corrected chi connectivity index (χ1v) is 7.97. The number of nitrogens with one attached hydrogen (secondary N) is 1. The molecule has 6 nitrogen and oxygen atoms in total. The lowest BCUT2D eigenvalue weighted by atomic mass is 10.3. The van der Waals surface area contributed by atoms with Crippen LogP contribution in [0.2, 0.25) is 5.02 Å². The summed E-state index contributed by atoms with van der Waals surface area (Å²) in [7, 11) is 1.88. The molecule has 0 unspecified atom stereocenters. The third kappa shape index (κ3) is 3.07. The highest BCUT2D eigenvalue weighted by Crippen LogP contribution is 2.27. The second-order valence-electron chi connectivity index (χ2n) is 5.19. The van der Waals surface area contributed by atoms with Crippen LogP contribution in [0.25, 0.3) is 11.0 Å². The van der Waals surface area contributed by atoms with E-state index < -0.39 is 0 Å². The fourth-order valence-corrected chi connectivity index (χ4v) is 2.65. The highest BCUT2D eigenvalue weighted by Gasteiger charge is 2.14. The van der Waals surface area contributed by atoms with Crippen LogP contribution in [0.15, 0.2) is 30.5 Å². The van der Waals surface area contributed by atoms with Gasteiger partial charge in [0.15, 0.2) is 5.65 Å². The zero-order chi connectivity index (χ0) is 16.4. The maximum Gasteiger partial charge on any atom is 0.229 e. The van der Waals surface area contributed by atoms with Gasteiger partial charge >= 0.3 is 0 Å². The minimum atomic E-state index is 0.676. The van der Waals surface area contributed by atoms with E-state index in [4.69, 9.17) is 11.6 Å². The first-order chi connectivity index (χ1) is 11.1. The van der Waals surface area contributed by atoms with Crippen LogP contribution < -0.4 is 10.2 Å². The Bertz CT molecular complexity index is 825. The normalized spacial score (nSPS) is 11.0. The molecule has 1 aromatic carbocycles. The Balaban J connectivity index is 2.10. The molecule has 0 aliphatic carbocycles. The van der Waals surface area contributed by atoms with E-state index in [2.05, 4.69) is 39.1 Å². The summed E-state index contributed by atoms with van der Waals surface area (Å²) in [5, 5.41) is 9.18. The van der Waals surface area contributed by atoms with Gasteiger partial charge in [-0.3, -0.25) is 4.68 Å². The van der Waals surface area contributed by atoms with Crippen LogP contribution in [0.4, 0.5) is 17.5 Å². The molecule has 0 saturated carbocycles. The molecule has 0 amide bonds. The van der Waals surface area contributed by atoms with Crippen molar-refractivity contribution < 1.29 is 0 Å². The number of benzene rings is 1. The SMILES string of the molecule is CCN(CC)c1nc(Nc2cccc(Cl)c2)c2cnn(C)c2n1. The molecule has 0 saturated heterocycles. The smallest absolute Gasteiger partial charge is 0.229 e. The Hall–Kier alpha value is -2.34. The highest BCUT2D eigenvalue weighted by atomic mass is 35.5. The van der Waals surface area contributed by atoms with Gasteiger partial charge in [0.05, 0.1) is 11.6 Å². The first-order valence-electron chi connectivity index (χ1n) is 7.59. The number of aryl methyl sites for hydroxylation is 1. The van der Waals surface area contributed by atoms with Crippen molar-refractivity contribution in [3.8, 4) is 0 Å². The lowest BCUT2D eigenvalue weighted by Gasteiger charge is -2.19. The van der Waals surface area contributed by atoms with Crippen molar-refractivity contribution in [1.82, 2.24) is 19.7 Å². The van der Waals surface area contributed by atoms with E-state index >= 15 is 0 Å². The Kier molecular flexibility index (Phi) is 4.34. The molecule has 0 bridgehead atoms. The van der Waals surface area contributed by atoms with Gasteiger partial charge in [-0.05, 0) is 32.0 Å². The van der Waals surface area contributed by atoms with Gasteiger partial charge in [0, 0.05) is 30.8 Å². The molecule has 7 heteroatoms. The van der Waals surface area contributed by atoms with Crippen molar-refractivity contribution in [3.63, 3.8) is 0 Å². The van der Waals surface area contributed by atoms with Gasteiger partial charge in [0.1, 0.15) is 5.82 Å². The highest BCUT2D eigenvalue weighted by molar-refractivity contribution is 6.30. The molecule has 3 aromatic rings. The fraction of sp³-hybridized carbons (Fsp3) is 0.312. The molecule has 0 fully saturated rings. The van der Waals surface area contributed by atoms with Gasteiger partial charge in [-0.25, -0.2) is 0 Å².